The Balaban J connectivity index is 1.67. The molecule has 0 saturated carbocycles. The quantitative estimate of drug-likeness (QED) is 0.126. The molecule has 39 heavy (non-hydrogen) atoms. The molecule has 0 aliphatic carbocycles. The Morgan fingerprint density at radius 3 is 2.36 bits per heavy atom. The highest BCUT2D eigenvalue weighted by molar-refractivity contribution is 14.1. The zero-order valence-electron chi connectivity index (χ0n) is 21.4. The van der Waals surface area contributed by atoms with Crippen molar-refractivity contribution in [3.8, 4) is 11.5 Å². The van der Waals surface area contributed by atoms with E-state index in [1.807, 2.05) is 19.9 Å². The Labute approximate surface area is 256 Å². The molecule has 3 aromatic carbocycles. The normalized spacial score (nSPS) is 11.9. The molecule has 0 aromatic heterocycles. The molecule has 0 bridgehead atoms. The third-order valence-electron chi connectivity index (χ3n) is 5.46. The number of amides is 2. The number of ether oxygens (including phenoxy) is 2. The van der Waals surface area contributed by atoms with Crippen LogP contribution in [0, 0.1) is 9.49 Å². The summed E-state index contributed by atoms with van der Waals surface area (Å²) < 4.78 is 12.3. The fourth-order valence-electron chi connectivity index (χ4n) is 3.54. The molecule has 0 radical (unpaired) electrons. The van der Waals surface area contributed by atoms with Crippen LogP contribution in [0.25, 0.3) is 0 Å². The van der Waals surface area contributed by atoms with Crippen molar-refractivity contribution in [1.82, 2.24) is 10.7 Å². The number of hydrogen-bond donors (Lipinski definition) is 2. The van der Waals surface area contributed by atoms with Crippen molar-refractivity contribution in [1.29, 1.82) is 0 Å². The van der Waals surface area contributed by atoms with Crippen LogP contribution in [0.15, 0.2) is 59.7 Å². The van der Waals surface area contributed by atoms with Crippen LogP contribution in [0.2, 0.25) is 15.1 Å². The first-order valence-electron chi connectivity index (χ1n) is 11.9. The van der Waals surface area contributed by atoms with Crippen molar-refractivity contribution in [3.05, 3.63) is 89.9 Å². The molecule has 11 heteroatoms. The molecular weight excluding hydrogens is 676 g/mol. The van der Waals surface area contributed by atoms with Gasteiger partial charge in [-0.25, -0.2) is 5.43 Å². The standard InChI is InChI=1S/C28H27Cl3IN3O4/c1-16(2)10-24(34-27(36)18-4-7-20(29)8-5-18)28(37)35-33-14-17-11-23(32)26(25(12-17)38-3)39-15-19-6-9-21(30)13-22(19)31/h4-9,11-14,16,24H,10,15H2,1-3H3,(H,34,36)(H,35,37)/b33-14+. The lowest BCUT2D eigenvalue weighted by atomic mass is 10.0. The van der Waals surface area contributed by atoms with E-state index in [2.05, 4.69) is 38.4 Å². The molecule has 0 saturated heterocycles. The van der Waals surface area contributed by atoms with Crippen LogP contribution in [0.1, 0.15) is 41.8 Å². The maximum Gasteiger partial charge on any atom is 0.262 e. The van der Waals surface area contributed by atoms with Gasteiger partial charge in [0.05, 0.1) is 16.9 Å². The number of nitrogens with zero attached hydrogens (tertiary/aromatic N) is 1. The predicted octanol–water partition coefficient (Wildman–Crippen LogP) is 7.13. The van der Waals surface area contributed by atoms with Crippen LogP contribution >= 0.6 is 57.4 Å². The molecule has 7 nitrogen and oxygen atoms in total. The number of hydrogen-bond acceptors (Lipinski definition) is 5. The molecule has 0 aliphatic rings. The van der Waals surface area contributed by atoms with Crippen LogP contribution in [-0.4, -0.2) is 31.2 Å². The van der Waals surface area contributed by atoms with Gasteiger partial charge in [-0.2, -0.15) is 5.10 Å². The molecule has 0 spiro atoms. The predicted molar refractivity (Wildman–Crippen MR) is 164 cm³/mol. The van der Waals surface area contributed by atoms with Crippen molar-refractivity contribution >= 4 is 75.4 Å². The summed E-state index contributed by atoms with van der Waals surface area (Å²) in [4.78, 5) is 25.5. The molecule has 3 aromatic rings. The summed E-state index contributed by atoms with van der Waals surface area (Å²) in [7, 11) is 1.54. The minimum Gasteiger partial charge on any atom is -0.493 e. The summed E-state index contributed by atoms with van der Waals surface area (Å²) >= 11 is 20.3. The Hall–Kier alpha value is -2.53. The molecular formula is C28H27Cl3IN3O4. The SMILES string of the molecule is COc1cc(/C=N/NC(=O)C(CC(C)C)NC(=O)c2ccc(Cl)cc2)cc(I)c1OCc1ccc(Cl)cc1Cl. The Morgan fingerprint density at radius 1 is 1.03 bits per heavy atom. The van der Waals surface area contributed by atoms with Crippen molar-refractivity contribution in [2.75, 3.05) is 7.11 Å². The van der Waals surface area contributed by atoms with Crippen molar-refractivity contribution in [3.63, 3.8) is 0 Å². The lowest BCUT2D eigenvalue weighted by molar-refractivity contribution is -0.123. The topological polar surface area (TPSA) is 89.0 Å². The zero-order valence-corrected chi connectivity index (χ0v) is 25.9. The van der Waals surface area contributed by atoms with E-state index in [1.54, 1.807) is 48.5 Å². The highest BCUT2D eigenvalue weighted by Crippen LogP contribution is 2.35. The van der Waals surface area contributed by atoms with Gasteiger partial charge in [0, 0.05) is 26.2 Å². The number of rotatable bonds is 11. The molecule has 1 atom stereocenters. The van der Waals surface area contributed by atoms with Crippen LogP contribution < -0.4 is 20.2 Å². The second kappa shape index (κ2) is 14.7. The van der Waals surface area contributed by atoms with E-state index in [1.165, 1.54) is 13.3 Å². The van der Waals surface area contributed by atoms with Gasteiger partial charge >= 0.3 is 0 Å². The van der Waals surface area contributed by atoms with Crippen LogP contribution in [0.3, 0.4) is 0 Å². The zero-order chi connectivity index (χ0) is 28.5. The third kappa shape index (κ3) is 9.27. The molecule has 0 fully saturated rings. The minimum atomic E-state index is -0.768. The van der Waals surface area contributed by atoms with E-state index in [-0.39, 0.29) is 18.4 Å². The smallest absolute Gasteiger partial charge is 0.262 e. The number of hydrazone groups is 1. The number of nitrogens with one attached hydrogen (secondary N) is 2. The van der Waals surface area contributed by atoms with Gasteiger partial charge in [-0.3, -0.25) is 9.59 Å². The largest absolute Gasteiger partial charge is 0.493 e. The van der Waals surface area contributed by atoms with Crippen molar-refractivity contribution < 1.29 is 19.1 Å². The summed E-state index contributed by atoms with van der Waals surface area (Å²) in [5.74, 6) is 0.409. The summed E-state index contributed by atoms with van der Waals surface area (Å²) in [6.07, 6.45) is 1.94. The first kappa shape index (κ1) is 31.0. The van der Waals surface area contributed by atoms with E-state index in [0.29, 0.717) is 44.1 Å². The molecule has 1 unspecified atom stereocenters. The Morgan fingerprint density at radius 2 is 1.72 bits per heavy atom. The highest BCUT2D eigenvalue weighted by atomic mass is 127. The monoisotopic (exact) mass is 701 g/mol. The lowest BCUT2D eigenvalue weighted by Gasteiger charge is -2.19. The van der Waals surface area contributed by atoms with Crippen LogP contribution in [-0.2, 0) is 11.4 Å². The summed E-state index contributed by atoms with van der Waals surface area (Å²) in [6.45, 7) is 4.16. The first-order valence-corrected chi connectivity index (χ1v) is 14.1. The first-order chi connectivity index (χ1) is 18.6. The third-order valence-corrected chi connectivity index (χ3v) is 7.10. The summed E-state index contributed by atoms with van der Waals surface area (Å²) in [5.41, 5.74) is 4.40. The summed E-state index contributed by atoms with van der Waals surface area (Å²) in [6, 6.07) is 14.5. The molecule has 3 rings (SSSR count). The van der Waals surface area contributed by atoms with Gasteiger partial charge < -0.3 is 14.8 Å². The molecule has 2 amide bonds. The van der Waals surface area contributed by atoms with Gasteiger partial charge in [0.2, 0.25) is 0 Å². The van der Waals surface area contributed by atoms with Gasteiger partial charge in [-0.15, -0.1) is 0 Å². The number of carbonyl (C=O) groups is 2. The van der Waals surface area contributed by atoms with E-state index in [9.17, 15) is 9.59 Å². The average Bonchev–Trinajstić information content (AvgIpc) is 2.88. The maximum absolute atomic E-state index is 12.9. The van der Waals surface area contributed by atoms with Gasteiger partial charge in [0.25, 0.3) is 11.8 Å². The average molecular weight is 703 g/mol. The Bertz CT molecular complexity index is 1350. The van der Waals surface area contributed by atoms with Crippen molar-refractivity contribution in [2.24, 2.45) is 11.0 Å². The number of benzene rings is 3. The molecule has 0 heterocycles. The number of methoxy groups -OCH3 is 1. The number of carbonyl (C=O) groups excluding carboxylic acids is 2. The highest BCUT2D eigenvalue weighted by Gasteiger charge is 2.22. The van der Waals surface area contributed by atoms with E-state index < -0.39 is 11.9 Å². The minimum absolute atomic E-state index is 0.163. The van der Waals surface area contributed by atoms with E-state index in [4.69, 9.17) is 44.3 Å². The molecule has 206 valence electrons. The number of halogens is 4. The van der Waals surface area contributed by atoms with Gasteiger partial charge in [0.1, 0.15) is 12.6 Å². The Kier molecular flexibility index (Phi) is 11.7. The van der Waals surface area contributed by atoms with Crippen LogP contribution in [0.4, 0.5) is 0 Å². The molecule has 2 N–H and O–H groups in total. The van der Waals surface area contributed by atoms with E-state index >= 15 is 0 Å². The van der Waals surface area contributed by atoms with Crippen LogP contribution in [0.5, 0.6) is 11.5 Å². The lowest BCUT2D eigenvalue weighted by Crippen LogP contribution is -2.46. The van der Waals surface area contributed by atoms with Gasteiger partial charge in [-0.05, 0) is 89.0 Å². The fraction of sp³-hybridized carbons (Fsp3) is 0.250. The van der Waals surface area contributed by atoms with Gasteiger partial charge in [-0.1, -0.05) is 54.7 Å². The maximum atomic E-state index is 12.9. The molecule has 0 aliphatic heterocycles. The van der Waals surface area contributed by atoms with Gasteiger partial charge in [0.15, 0.2) is 11.5 Å². The fourth-order valence-corrected chi connectivity index (χ4v) is 4.91. The second-order valence-electron chi connectivity index (χ2n) is 8.96. The summed E-state index contributed by atoms with van der Waals surface area (Å²) in [5, 5.41) is 8.46. The van der Waals surface area contributed by atoms with Crippen molar-refractivity contribution in [2.45, 2.75) is 32.9 Å². The second-order valence-corrected chi connectivity index (χ2v) is 11.4. The van der Waals surface area contributed by atoms with E-state index in [0.717, 1.165) is 9.13 Å².